The Morgan fingerprint density at radius 1 is 1.03 bits per heavy atom. The van der Waals surface area contributed by atoms with Gasteiger partial charge >= 0.3 is 5.97 Å². The van der Waals surface area contributed by atoms with Gasteiger partial charge in [0.2, 0.25) is 11.7 Å². The van der Waals surface area contributed by atoms with E-state index >= 15 is 0 Å². The van der Waals surface area contributed by atoms with Crippen LogP contribution in [0.3, 0.4) is 0 Å². The average Bonchev–Trinajstić information content (AvgIpc) is 3.35. The number of aromatic nitrogens is 3. The number of carbonyl (C=O) groups is 1. The predicted octanol–water partition coefficient (Wildman–Crippen LogP) is 4.14. The molecule has 1 aliphatic rings. The van der Waals surface area contributed by atoms with Crippen LogP contribution in [0, 0.1) is 0 Å². The average molecular weight is 495 g/mol. The second-order valence-electron chi connectivity index (χ2n) is 8.94. The summed E-state index contributed by atoms with van der Waals surface area (Å²) >= 11 is 0. The van der Waals surface area contributed by atoms with Gasteiger partial charge in [0.15, 0.2) is 11.3 Å². The van der Waals surface area contributed by atoms with Crippen molar-refractivity contribution in [3.8, 4) is 17.3 Å². The molecule has 5 aromatic rings. The van der Waals surface area contributed by atoms with Crippen molar-refractivity contribution >= 4 is 23.0 Å². The maximum atomic E-state index is 13.2. The molecule has 0 saturated carbocycles. The molecule has 0 spiro atoms. The molecule has 184 valence electrons. The Morgan fingerprint density at radius 2 is 1.78 bits per heavy atom. The lowest BCUT2D eigenvalue weighted by molar-refractivity contribution is 0.0696. The number of para-hydroxylation sites is 2. The zero-order chi connectivity index (χ0) is 25.7. The summed E-state index contributed by atoms with van der Waals surface area (Å²) in [6, 6.07) is 21.5. The molecular formula is C28H22N4O5. The molecule has 0 fully saturated rings. The van der Waals surface area contributed by atoms with Gasteiger partial charge < -0.3 is 19.5 Å². The Labute approximate surface area is 210 Å². The van der Waals surface area contributed by atoms with Gasteiger partial charge in [-0.05, 0) is 47.4 Å². The number of anilines is 1. The third-order valence-electron chi connectivity index (χ3n) is 6.73. The largest absolute Gasteiger partial charge is 0.501 e. The van der Waals surface area contributed by atoms with Crippen molar-refractivity contribution in [3.05, 3.63) is 105 Å². The Kier molecular flexibility index (Phi) is 5.26. The molecule has 0 aliphatic carbocycles. The number of carboxylic acids is 1. The highest BCUT2D eigenvalue weighted by molar-refractivity contribution is 5.88. The predicted molar refractivity (Wildman–Crippen MR) is 137 cm³/mol. The topological polar surface area (TPSA) is 122 Å². The first-order chi connectivity index (χ1) is 17.9. The molecule has 6 rings (SSSR count). The summed E-state index contributed by atoms with van der Waals surface area (Å²) in [5.41, 5.74) is 3.34. The maximum absolute atomic E-state index is 13.2. The third kappa shape index (κ3) is 3.72. The van der Waals surface area contributed by atoms with E-state index in [1.165, 1.54) is 4.57 Å². The van der Waals surface area contributed by atoms with Crippen molar-refractivity contribution in [3.63, 3.8) is 0 Å². The maximum Gasteiger partial charge on any atom is 0.335 e. The molecule has 1 atom stereocenters. The number of oxazole rings is 1. The number of fused-ring (bicyclic) bond motifs is 2. The number of hydrogen-bond donors (Lipinski definition) is 2. The van der Waals surface area contributed by atoms with Crippen LogP contribution in [0.4, 0.5) is 5.95 Å². The number of carboxylic acid groups (broad SMARTS) is 1. The molecule has 3 aromatic carbocycles. The zero-order valence-corrected chi connectivity index (χ0v) is 19.8. The van der Waals surface area contributed by atoms with Crippen molar-refractivity contribution < 1.29 is 19.4 Å². The highest BCUT2D eigenvalue weighted by atomic mass is 16.4. The first-order valence-corrected chi connectivity index (χ1v) is 11.8. The quantitative estimate of drug-likeness (QED) is 0.382. The van der Waals surface area contributed by atoms with E-state index in [1.54, 1.807) is 37.4 Å². The number of aromatic carboxylic acids is 1. The number of aromatic hydroxyl groups is 1. The molecule has 0 bridgehead atoms. The standard InChI is InChI=1S/C28H22N4O5/c1-31-26(34)24(33)22(25-29-20-9-5-6-10-21(20)37-25)30-28(31)32-14-13-16-11-12-18(27(35)36)15-19(16)23(32)17-7-3-2-4-8-17/h2-12,15,23,33H,13-14H2,1H3,(H,35,36)/t23-/m0/s1. The zero-order valence-electron chi connectivity index (χ0n) is 19.8. The molecule has 0 saturated heterocycles. The van der Waals surface area contributed by atoms with E-state index in [4.69, 9.17) is 9.40 Å². The number of nitrogens with zero attached hydrogens (tertiary/aromatic N) is 4. The molecule has 0 amide bonds. The van der Waals surface area contributed by atoms with E-state index in [0.717, 1.165) is 16.7 Å². The molecule has 0 radical (unpaired) electrons. The van der Waals surface area contributed by atoms with Gasteiger partial charge in [-0.1, -0.05) is 48.5 Å². The van der Waals surface area contributed by atoms with E-state index in [9.17, 15) is 19.8 Å². The highest BCUT2D eigenvalue weighted by Crippen LogP contribution is 2.39. The molecule has 9 heteroatoms. The Balaban J connectivity index is 1.56. The van der Waals surface area contributed by atoms with Crippen LogP contribution in [0.2, 0.25) is 0 Å². The Hall–Kier alpha value is -4.92. The summed E-state index contributed by atoms with van der Waals surface area (Å²) in [4.78, 5) is 36.0. The van der Waals surface area contributed by atoms with Crippen LogP contribution in [-0.2, 0) is 13.5 Å². The minimum atomic E-state index is -1.01. The smallest absolute Gasteiger partial charge is 0.335 e. The van der Waals surface area contributed by atoms with Crippen LogP contribution in [0.1, 0.15) is 33.1 Å². The minimum absolute atomic E-state index is 0.0412. The summed E-state index contributed by atoms with van der Waals surface area (Å²) < 4.78 is 7.11. The fourth-order valence-electron chi connectivity index (χ4n) is 4.92. The van der Waals surface area contributed by atoms with E-state index in [1.807, 2.05) is 47.4 Å². The molecule has 0 unspecified atom stereocenters. The number of benzene rings is 3. The van der Waals surface area contributed by atoms with Gasteiger partial charge in [0.05, 0.1) is 11.6 Å². The second-order valence-corrected chi connectivity index (χ2v) is 8.94. The van der Waals surface area contributed by atoms with Crippen molar-refractivity contribution in [2.75, 3.05) is 11.4 Å². The van der Waals surface area contributed by atoms with E-state index in [2.05, 4.69) is 4.98 Å². The van der Waals surface area contributed by atoms with Gasteiger partial charge in [-0.15, -0.1) is 0 Å². The van der Waals surface area contributed by atoms with Crippen LogP contribution in [0.25, 0.3) is 22.7 Å². The summed E-state index contributed by atoms with van der Waals surface area (Å²) in [5, 5.41) is 20.4. The van der Waals surface area contributed by atoms with Gasteiger partial charge in [0.25, 0.3) is 11.4 Å². The van der Waals surface area contributed by atoms with Crippen LogP contribution >= 0.6 is 0 Å². The van der Waals surface area contributed by atoms with Crippen molar-refractivity contribution in [2.45, 2.75) is 12.5 Å². The SMILES string of the molecule is Cn1c(N2CCc3ccc(C(=O)O)cc3[C@@H]2c2ccccc2)nc(-c2nc3ccccc3o2)c(O)c1=O. The second kappa shape index (κ2) is 8.63. The van der Waals surface area contributed by atoms with E-state index in [0.29, 0.717) is 30.0 Å². The molecule has 2 aromatic heterocycles. The number of hydrogen-bond acceptors (Lipinski definition) is 7. The van der Waals surface area contributed by atoms with Crippen LogP contribution in [0.15, 0.2) is 82.0 Å². The lowest BCUT2D eigenvalue weighted by Gasteiger charge is -2.39. The minimum Gasteiger partial charge on any atom is -0.501 e. The fourth-order valence-corrected chi connectivity index (χ4v) is 4.92. The molecule has 1 aliphatic heterocycles. The van der Waals surface area contributed by atoms with Gasteiger partial charge in [0, 0.05) is 13.6 Å². The lowest BCUT2D eigenvalue weighted by atomic mass is 9.87. The van der Waals surface area contributed by atoms with E-state index in [-0.39, 0.29) is 17.1 Å². The Morgan fingerprint density at radius 3 is 2.54 bits per heavy atom. The summed E-state index contributed by atoms with van der Waals surface area (Å²) in [5.74, 6) is -1.22. The summed E-state index contributed by atoms with van der Waals surface area (Å²) in [6.45, 7) is 0.511. The van der Waals surface area contributed by atoms with Crippen molar-refractivity contribution in [1.82, 2.24) is 14.5 Å². The molecule has 9 nitrogen and oxygen atoms in total. The van der Waals surface area contributed by atoms with Crippen molar-refractivity contribution in [1.29, 1.82) is 0 Å². The van der Waals surface area contributed by atoms with Crippen molar-refractivity contribution in [2.24, 2.45) is 7.05 Å². The molecule has 2 N–H and O–H groups in total. The summed E-state index contributed by atoms with van der Waals surface area (Å²) in [7, 11) is 1.55. The highest BCUT2D eigenvalue weighted by Gasteiger charge is 2.33. The first kappa shape index (κ1) is 22.5. The van der Waals surface area contributed by atoms with Gasteiger partial charge in [-0.2, -0.15) is 0 Å². The van der Waals surface area contributed by atoms with Gasteiger partial charge in [-0.25, -0.2) is 14.8 Å². The molecule has 37 heavy (non-hydrogen) atoms. The molecule has 3 heterocycles. The monoisotopic (exact) mass is 494 g/mol. The van der Waals surface area contributed by atoms with Crippen LogP contribution in [-0.4, -0.2) is 37.3 Å². The normalized spacial score (nSPS) is 15.1. The van der Waals surface area contributed by atoms with Crippen LogP contribution in [0.5, 0.6) is 5.75 Å². The third-order valence-corrected chi connectivity index (χ3v) is 6.73. The van der Waals surface area contributed by atoms with Crippen LogP contribution < -0.4 is 10.5 Å². The molecular weight excluding hydrogens is 472 g/mol. The first-order valence-electron chi connectivity index (χ1n) is 11.8. The summed E-state index contributed by atoms with van der Waals surface area (Å²) in [6.07, 6.45) is 0.619. The Bertz CT molecular complexity index is 1690. The van der Waals surface area contributed by atoms with Gasteiger partial charge in [0.1, 0.15) is 5.52 Å². The fraction of sp³-hybridized carbons (Fsp3) is 0.143. The van der Waals surface area contributed by atoms with Gasteiger partial charge in [-0.3, -0.25) is 9.36 Å². The number of rotatable bonds is 4. The van der Waals surface area contributed by atoms with E-state index < -0.39 is 23.3 Å². The lowest BCUT2D eigenvalue weighted by Crippen LogP contribution is -2.40.